The molecule has 0 saturated carbocycles. The van der Waals surface area contributed by atoms with Crippen LogP contribution in [0.2, 0.25) is 0 Å². The predicted octanol–water partition coefficient (Wildman–Crippen LogP) is 0.103. The zero-order valence-corrected chi connectivity index (χ0v) is 9.91. The van der Waals surface area contributed by atoms with Gasteiger partial charge < -0.3 is 9.97 Å². The molecule has 4 aromatic rings. The standard InChI is InChI=1S/C12H6N6O2/c19-11-12(20)18-10-8-6(14-2-4-16-8)5-7(9(10)17-11)15-3-1-13-5/h1-4H,(H,17,19)(H,18,20). The summed E-state index contributed by atoms with van der Waals surface area (Å²) in [6.07, 6.45) is 6.08. The number of nitrogens with one attached hydrogen (secondary N) is 2. The third-order valence-electron chi connectivity index (χ3n) is 3.03. The Bertz CT molecular complexity index is 1010. The molecule has 8 nitrogen and oxygen atoms in total. The number of hydrogen-bond acceptors (Lipinski definition) is 6. The summed E-state index contributed by atoms with van der Waals surface area (Å²) in [6.45, 7) is 0. The molecule has 8 heteroatoms. The number of nitrogens with zero attached hydrogens (tertiary/aromatic N) is 4. The highest BCUT2D eigenvalue weighted by Gasteiger charge is 2.14. The van der Waals surface area contributed by atoms with Crippen LogP contribution in [0.25, 0.3) is 33.1 Å². The average molecular weight is 266 g/mol. The summed E-state index contributed by atoms with van der Waals surface area (Å²) in [7, 11) is 0. The van der Waals surface area contributed by atoms with E-state index < -0.39 is 11.1 Å². The normalized spacial score (nSPS) is 11.4. The summed E-state index contributed by atoms with van der Waals surface area (Å²) in [6, 6.07) is 0. The first-order valence-corrected chi connectivity index (χ1v) is 5.75. The number of aromatic amines is 2. The molecule has 0 aliphatic carbocycles. The van der Waals surface area contributed by atoms with Gasteiger partial charge >= 0.3 is 11.1 Å². The van der Waals surface area contributed by atoms with Gasteiger partial charge in [-0.2, -0.15) is 0 Å². The maximum atomic E-state index is 11.5. The van der Waals surface area contributed by atoms with E-state index in [1.165, 1.54) is 24.8 Å². The van der Waals surface area contributed by atoms with Gasteiger partial charge in [0.15, 0.2) is 0 Å². The molecule has 1 aromatic carbocycles. The molecule has 0 bridgehead atoms. The van der Waals surface area contributed by atoms with Crippen molar-refractivity contribution < 1.29 is 0 Å². The molecule has 2 N–H and O–H groups in total. The third-order valence-corrected chi connectivity index (χ3v) is 3.03. The summed E-state index contributed by atoms with van der Waals surface area (Å²) < 4.78 is 0. The lowest BCUT2D eigenvalue weighted by Crippen LogP contribution is -2.29. The average Bonchev–Trinajstić information content (AvgIpc) is 2.49. The van der Waals surface area contributed by atoms with Crippen LogP contribution >= 0.6 is 0 Å². The van der Waals surface area contributed by atoms with Crippen molar-refractivity contribution in [2.24, 2.45) is 0 Å². The monoisotopic (exact) mass is 266 g/mol. The van der Waals surface area contributed by atoms with Gasteiger partial charge in [0.2, 0.25) is 0 Å². The zero-order chi connectivity index (χ0) is 13.7. The number of benzene rings is 1. The fourth-order valence-electron chi connectivity index (χ4n) is 2.21. The molecule has 3 heterocycles. The number of rotatable bonds is 0. The van der Waals surface area contributed by atoms with Crippen LogP contribution in [0.4, 0.5) is 0 Å². The maximum absolute atomic E-state index is 11.5. The third kappa shape index (κ3) is 1.30. The van der Waals surface area contributed by atoms with E-state index in [0.29, 0.717) is 33.1 Å². The lowest BCUT2D eigenvalue weighted by Gasteiger charge is -2.05. The first kappa shape index (κ1) is 10.7. The molecule has 0 fully saturated rings. The van der Waals surface area contributed by atoms with Crippen LogP contribution in [0.5, 0.6) is 0 Å². The van der Waals surface area contributed by atoms with E-state index in [1.807, 2.05) is 0 Å². The van der Waals surface area contributed by atoms with Gasteiger partial charge in [0.1, 0.15) is 22.1 Å². The van der Waals surface area contributed by atoms with Crippen LogP contribution in [0, 0.1) is 0 Å². The van der Waals surface area contributed by atoms with Gasteiger partial charge in [-0.15, -0.1) is 0 Å². The van der Waals surface area contributed by atoms with Gasteiger partial charge in [-0.25, -0.2) is 0 Å². The topological polar surface area (TPSA) is 117 Å². The molecule has 3 aromatic heterocycles. The molecular weight excluding hydrogens is 260 g/mol. The van der Waals surface area contributed by atoms with Crippen LogP contribution in [-0.2, 0) is 0 Å². The maximum Gasteiger partial charge on any atom is 0.314 e. The summed E-state index contributed by atoms with van der Waals surface area (Å²) >= 11 is 0. The lowest BCUT2D eigenvalue weighted by molar-refractivity contribution is 1.14. The van der Waals surface area contributed by atoms with Gasteiger partial charge in [0.25, 0.3) is 0 Å². The molecule has 0 radical (unpaired) electrons. The van der Waals surface area contributed by atoms with Gasteiger partial charge in [0.05, 0.1) is 11.0 Å². The Kier molecular flexibility index (Phi) is 1.97. The zero-order valence-electron chi connectivity index (χ0n) is 9.91. The Labute approximate surface area is 109 Å². The van der Waals surface area contributed by atoms with Crippen LogP contribution < -0.4 is 11.1 Å². The molecule has 4 rings (SSSR count). The van der Waals surface area contributed by atoms with E-state index in [2.05, 4.69) is 29.9 Å². The quantitative estimate of drug-likeness (QED) is 0.344. The second kappa shape index (κ2) is 3.67. The molecular formula is C12H6N6O2. The molecule has 0 unspecified atom stereocenters. The first-order chi connectivity index (χ1) is 9.75. The van der Waals surface area contributed by atoms with E-state index in [0.717, 1.165) is 0 Å². The van der Waals surface area contributed by atoms with Crippen molar-refractivity contribution in [2.45, 2.75) is 0 Å². The van der Waals surface area contributed by atoms with Gasteiger partial charge in [-0.05, 0) is 0 Å². The second-order valence-corrected chi connectivity index (χ2v) is 4.17. The smallest absolute Gasteiger partial charge is 0.314 e. The van der Waals surface area contributed by atoms with E-state index in [-0.39, 0.29) is 0 Å². The molecule has 0 aliphatic heterocycles. The minimum atomic E-state index is -0.743. The SMILES string of the molecule is O=c1[nH]c2c3nccnc3c3nccnc3c2[nH]c1=O. The van der Waals surface area contributed by atoms with Crippen LogP contribution in [0.1, 0.15) is 0 Å². The highest BCUT2D eigenvalue weighted by atomic mass is 16.2. The molecule has 0 amide bonds. The molecule has 0 spiro atoms. The number of H-pyrrole nitrogens is 2. The van der Waals surface area contributed by atoms with Crippen molar-refractivity contribution in [3.63, 3.8) is 0 Å². The lowest BCUT2D eigenvalue weighted by atomic mass is 10.2. The fourth-order valence-corrected chi connectivity index (χ4v) is 2.21. The van der Waals surface area contributed by atoms with E-state index >= 15 is 0 Å². The van der Waals surface area contributed by atoms with E-state index in [1.54, 1.807) is 0 Å². The molecule has 0 saturated heterocycles. The van der Waals surface area contributed by atoms with Gasteiger partial charge in [0, 0.05) is 24.8 Å². The minimum Gasteiger partial charge on any atom is -0.314 e. The van der Waals surface area contributed by atoms with E-state index in [9.17, 15) is 9.59 Å². The van der Waals surface area contributed by atoms with Crippen LogP contribution in [0.15, 0.2) is 34.4 Å². The molecule has 0 aliphatic rings. The largest absolute Gasteiger partial charge is 0.314 e. The fraction of sp³-hybridized carbons (Fsp3) is 0. The van der Waals surface area contributed by atoms with Gasteiger partial charge in [-0.1, -0.05) is 0 Å². The number of fused-ring (bicyclic) bond motifs is 6. The number of aromatic nitrogens is 6. The number of hydrogen-bond donors (Lipinski definition) is 2. The van der Waals surface area contributed by atoms with E-state index in [4.69, 9.17) is 0 Å². The Morgan fingerprint density at radius 1 is 0.600 bits per heavy atom. The Balaban J connectivity index is 2.49. The summed E-state index contributed by atoms with van der Waals surface area (Å²) in [5, 5.41) is 0. The Morgan fingerprint density at radius 2 is 0.950 bits per heavy atom. The van der Waals surface area contributed by atoms with Crippen molar-refractivity contribution in [1.82, 2.24) is 29.9 Å². The summed E-state index contributed by atoms with van der Waals surface area (Å²) in [5.74, 6) is 0. The van der Waals surface area contributed by atoms with Crippen molar-refractivity contribution in [3.05, 3.63) is 45.5 Å². The minimum absolute atomic E-state index is 0.394. The Hall–Kier alpha value is -3.16. The highest BCUT2D eigenvalue weighted by molar-refractivity contribution is 6.17. The second-order valence-electron chi connectivity index (χ2n) is 4.17. The van der Waals surface area contributed by atoms with Crippen LogP contribution in [-0.4, -0.2) is 29.9 Å². The molecule has 96 valence electrons. The predicted molar refractivity (Wildman–Crippen MR) is 71.4 cm³/mol. The van der Waals surface area contributed by atoms with Crippen molar-refractivity contribution in [2.75, 3.05) is 0 Å². The van der Waals surface area contributed by atoms with Gasteiger partial charge in [-0.3, -0.25) is 29.5 Å². The van der Waals surface area contributed by atoms with Crippen molar-refractivity contribution in [3.8, 4) is 0 Å². The van der Waals surface area contributed by atoms with Crippen molar-refractivity contribution >= 4 is 33.1 Å². The summed E-state index contributed by atoms with van der Waals surface area (Å²) in [4.78, 5) is 45.0. The Morgan fingerprint density at radius 3 is 1.35 bits per heavy atom. The van der Waals surface area contributed by atoms with Crippen molar-refractivity contribution in [1.29, 1.82) is 0 Å². The molecule has 20 heavy (non-hydrogen) atoms. The first-order valence-electron chi connectivity index (χ1n) is 5.75. The highest BCUT2D eigenvalue weighted by Crippen LogP contribution is 2.26. The van der Waals surface area contributed by atoms with Crippen LogP contribution in [0.3, 0.4) is 0 Å². The molecule has 0 atom stereocenters. The summed E-state index contributed by atoms with van der Waals surface area (Å²) in [5.41, 5.74) is 1.26.